The minimum atomic E-state index is -1.31. The summed E-state index contributed by atoms with van der Waals surface area (Å²) in [6, 6.07) is 36.9. The number of aliphatic hydroxyl groups excluding tert-OH is 1. The number of benzene rings is 4. The zero-order valence-electron chi connectivity index (χ0n) is 39.5. The molecule has 0 bridgehead atoms. The van der Waals surface area contributed by atoms with Crippen LogP contribution in [0.2, 0.25) is 0 Å². The van der Waals surface area contributed by atoms with Crippen molar-refractivity contribution in [2.24, 2.45) is 29.6 Å². The second-order valence-electron chi connectivity index (χ2n) is 17.4. The summed E-state index contributed by atoms with van der Waals surface area (Å²) in [5, 5.41) is 11.3. The molecule has 1 N–H and O–H groups in total. The molecule has 356 valence electrons. The van der Waals surface area contributed by atoms with Gasteiger partial charge < -0.3 is 33.5 Å². The topological polar surface area (TPSA) is 144 Å². The molecule has 6 rings (SSSR count). The Morgan fingerprint density at radius 3 is 1.32 bits per heavy atom. The molecule has 0 amide bonds. The molecular weight excluding hydrogens is 877 g/mol. The van der Waals surface area contributed by atoms with Gasteiger partial charge in [0.05, 0.1) is 37.6 Å². The SMILES string of the molecule is CC[C@@H](OC(=O)c1ccccc1)[C@@H](C)C1O[C@](Sc2ccccc2)(C(=O)OC)C[C@@H](C)[C@H]1C.CC[C@@H](OC(=O)c1ccccc1)[C@@H](O)C1O[C@](Sc2ccccc2)(C(=O)OC)C[C@@H](C)[C@H]1C. The lowest BCUT2D eigenvalue weighted by Gasteiger charge is -2.47. The molecule has 0 spiro atoms. The quantitative estimate of drug-likeness (QED) is 0.0841. The van der Waals surface area contributed by atoms with Crippen molar-refractivity contribution in [3.05, 3.63) is 132 Å². The number of rotatable bonds is 16. The summed E-state index contributed by atoms with van der Waals surface area (Å²) in [6.45, 7) is 14.2. The normalized spacial score (nSPS) is 26.8. The van der Waals surface area contributed by atoms with Crippen molar-refractivity contribution in [3.8, 4) is 0 Å². The van der Waals surface area contributed by atoms with Crippen LogP contribution < -0.4 is 0 Å². The van der Waals surface area contributed by atoms with E-state index in [2.05, 4.69) is 13.8 Å². The van der Waals surface area contributed by atoms with E-state index in [0.29, 0.717) is 36.8 Å². The highest BCUT2D eigenvalue weighted by atomic mass is 32.2. The number of hydrogen-bond donors (Lipinski definition) is 1. The summed E-state index contributed by atoms with van der Waals surface area (Å²) >= 11 is 2.68. The van der Waals surface area contributed by atoms with Crippen LogP contribution in [0, 0.1) is 29.6 Å². The number of esters is 4. The molecular formula is C53H66O11S2. The number of aliphatic hydroxyl groups is 1. The third kappa shape index (κ3) is 12.9. The fourth-order valence-corrected chi connectivity index (χ4v) is 11.4. The van der Waals surface area contributed by atoms with Gasteiger partial charge in [-0.25, -0.2) is 19.2 Å². The van der Waals surface area contributed by atoms with E-state index in [0.717, 1.165) is 9.79 Å². The molecule has 11 nitrogen and oxygen atoms in total. The molecule has 13 heteroatoms. The maximum atomic E-state index is 13.1. The summed E-state index contributed by atoms with van der Waals surface area (Å²) in [5.41, 5.74) is 0.940. The maximum Gasteiger partial charge on any atom is 0.349 e. The van der Waals surface area contributed by atoms with Gasteiger partial charge >= 0.3 is 23.9 Å². The van der Waals surface area contributed by atoms with Crippen molar-refractivity contribution < 1.29 is 52.7 Å². The average Bonchev–Trinajstić information content (AvgIpc) is 3.34. The van der Waals surface area contributed by atoms with Crippen LogP contribution in [0.25, 0.3) is 0 Å². The summed E-state index contributed by atoms with van der Waals surface area (Å²) in [6.07, 6.45) is -1.21. The van der Waals surface area contributed by atoms with Gasteiger partial charge in [-0.1, -0.05) is 145 Å². The van der Waals surface area contributed by atoms with Gasteiger partial charge in [-0.05, 0) is 85.0 Å². The molecule has 66 heavy (non-hydrogen) atoms. The number of carbonyl (C=O) groups is 4. The van der Waals surface area contributed by atoms with Gasteiger partial charge in [-0.3, -0.25) is 0 Å². The van der Waals surface area contributed by atoms with E-state index in [9.17, 15) is 24.3 Å². The lowest BCUT2D eigenvalue weighted by atomic mass is 9.77. The number of methoxy groups -OCH3 is 2. The molecule has 2 aliphatic rings. The van der Waals surface area contributed by atoms with Gasteiger partial charge in [-0.15, -0.1) is 0 Å². The van der Waals surface area contributed by atoms with Crippen molar-refractivity contribution >= 4 is 47.4 Å². The zero-order valence-corrected chi connectivity index (χ0v) is 41.1. The lowest BCUT2D eigenvalue weighted by molar-refractivity contribution is -0.202. The number of carbonyl (C=O) groups excluding carboxylic acids is 4. The molecule has 0 saturated carbocycles. The predicted octanol–water partition coefficient (Wildman–Crippen LogP) is 10.7. The van der Waals surface area contributed by atoms with Crippen LogP contribution >= 0.6 is 23.5 Å². The Morgan fingerprint density at radius 1 is 0.591 bits per heavy atom. The molecule has 0 aliphatic carbocycles. The minimum Gasteiger partial charge on any atom is -0.466 e. The second kappa shape index (κ2) is 24.4. The van der Waals surface area contributed by atoms with E-state index in [-0.39, 0.29) is 53.7 Å². The highest BCUT2D eigenvalue weighted by Crippen LogP contribution is 2.50. The fourth-order valence-electron chi connectivity index (χ4n) is 8.67. The van der Waals surface area contributed by atoms with Crippen molar-refractivity contribution in [2.45, 2.75) is 124 Å². The van der Waals surface area contributed by atoms with E-state index < -0.39 is 40.1 Å². The first kappa shape index (κ1) is 52.3. The van der Waals surface area contributed by atoms with Gasteiger partial charge in [0.15, 0.2) is 0 Å². The Bertz CT molecular complexity index is 1990. The van der Waals surface area contributed by atoms with Crippen molar-refractivity contribution in [1.29, 1.82) is 0 Å². The van der Waals surface area contributed by atoms with Crippen LogP contribution in [0.4, 0.5) is 0 Å². The van der Waals surface area contributed by atoms with Gasteiger partial charge in [0.25, 0.3) is 0 Å². The Morgan fingerprint density at radius 2 is 0.939 bits per heavy atom. The lowest BCUT2D eigenvalue weighted by Crippen LogP contribution is -2.57. The highest BCUT2D eigenvalue weighted by molar-refractivity contribution is 8.01. The van der Waals surface area contributed by atoms with Gasteiger partial charge in [0.1, 0.15) is 18.3 Å². The summed E-state index contributed by atoms with van der Waals surface area (Å²) in [7, 11) is 2.74. The average molecular weight is 943 g/mol. The third-order valence-electron chi connectivity index (χ3n) is 12.9. The smallest absolute Gasteiger partial charge is 0.349 e. The minimum absolute atomic E-state index is 0.0519. The van der Waals surface area contributed by atoms with Crippen molar-refractivity contribution in [2.75, 3.05) is 14.2 Å². The third-order valence-corrected chi connectivity index (χ3v) is 15.4. The molecule has 4 aromatic carbocycles. The fraction of sp³-hybridized carbons (Fsp3) is 0.472. The monoisotopic (exact) mass is 942 g/mol. The van der Waals surface area contributed by atoms with E-state index in [1.807, 2.05) is 120 Å². The second-order valence-corrected chi connectivity index (χ2v) is 20.0. The maximum absolute atomic E-state index is 13.1. The Labute approximate surface area is 399 Å². The molecule has 4 aromatic rings. The van der Waals surface area contributed by atoms with Gasteiger partial charge in [0, 0.05) is 28.6 Å². The molecule has 12 atom stereocenters. The summed E-state index contributed by atoms with van der Waals surface area (Å²) in [5.74, 6) is -1.47. The van der Waals surface area contributed by atoms with Crippen LogP contribution in [-0.4, -0.2) is 83.6 Å². The molecule has 0 radical (unpaired) electrons. The predicted molar refractivity (Wildman–Crippen MR) is 257 cm³/mol. The molecule has 2 heterocycles. The van der Waals surface area contributed by atoms with Crippen LogP contribution in [0.1, 0.15) is 94.9 Å². The summed E-state index contributed by atoms with van der Waals surface area (Å²) in [4.78, 5) is 50.7. The first-order chi connectivity index (χ1) is 31.6. The molecule has 2 aliphatic heterocycles. The van der Waals surface area contributed by atoms with Crippen LogP contribution in [-0.2, 0) is 38.0 Å². The van der Waals surface area contributed by atoms with Crippen LogP contribution in [0.15, 0.2) is 131 Å². The van der Waals surface area contributed by atoms with Crippen LogP contribution in [0.5, 0.6) is 0 Å². The number of hydrogen-bond acceptors (Lipinski definition) is 13. The Balaban J connectivity index is 0.000000247. The Hall–Kier alpha value is -4.66. The molecule has 0 aromatic heterocycles. The molecule has 2 saturated heterocycles. The van der Waals surface area contributed by atoms with E-state index >= 15 is 0 Å². The van der Waals surface area contributed by atoms with E-state index in [1.54, 1.807) is 36.4 Å². The van der Waals surface area contributed by atoms with Crippen molar-refractivity contribution in [3.63, 3.8) is 0 Å². The molecule has 2 fully saturated rings. The first-order valence-corrected chi connectivity index (χ1v) is 24.5. The van der Waals surface area contributed by atoms with Crippen molar-refractivity contribution in [1.82, 2.24) is 0 Å². The molecule has 2 unspecified atom stereocenters. The van der Waals surface area contributed by atoms with Gasteiger partial charge in [-0.2, -0.15) is 0 Å². The number of thioether (sulfide) groups is 2. The zero-order chi connectivity index (χ0) is 48.0. The van der Waals surface area contributed by atoms with E-state index in [1.165, 1.54) is 37.7 Å². The summed E-state index contributed by atoms with van der Waals surface area (Å²) < 4.78 is 35.0. The highest BCUT2D eigenvalue weighted by Gasteiger charge is 2.55. The Kier molecular flexibility index (Phi) is 19.3. The van der Waals surface area contributed by atoms with Crippen LogP contribution in [0.3, 0.4) is 0 Å². The first-order valence-electron chi connectivity index (χ1n) is 22.8. The number of ether oxygens (including phenoxy) is 6. The van der Waals surface area contributed by atoms with E-state index in [4.69, 9.17) is 28.4 Å². The standard InChI is InChI=1S/C27H34O5S.C26H32O6S/c1-6-23(31-25(28)21-13-9-7-10-14-21)20(4)24-19(3)18(2)17-27(32-24,26(29)30-5)33-22-15-11-8-12-16-22;1-5-21(31-24(28)19-12-8-6-9-13-19)22(27)23-18(3)17(2)16-26(32-23,25(29)30-4)33-20-14-10-7-11-15-20/h7-16,18-20,23-24H,6,17H2,1-5H3;6-15,17-18,21-23,27H,5,16H2,1-4H3/t18-,19-,20-,23-,24?,27-;17-,18-,21-,22-,23?,26-/m11/s1. The van der Waals surface area contributed by atoms with Gasteiger partial charge in [0.2, 0.25) is 9.87 Å². The largest absolute Gasteiger partial charge is 0.466 e.